The number of Topliss-reactive ketones (excluding diaryl/α,β-unsaturated/α-hetero) is 1. The van der Waals surface area contributed by atoms with Crippen LogP contribution in [-0.4, -0.2) is 45.8 Å². The molecule has 2 amide bonds. The van der Waals surface area contributed by atoms with Gasteiger partial charge < -0.3 is 25.1 Å². The number of carbonyl (C=O) groups excluding carboxylic acids is 3. The molecule has 3 heterocycles. The minimum Gasteiger partial charge on any atom is -0.486 e. The molecular weight excluding hydrogens is 450 g/mol. The zero-order chi connectivity index (χ0) is 24.2. The van der Waals surface area contributed by atoms with Crippen LogP contribution in [0.5, 0.6) is 11.5 Å². The molecule has 2 aromatic heterocycles. The van der Waals surface area contributed by atoms with Crippen molar-refractivity contribution in [1.82, 2.24) is 20.3 Å². The van der Waals surface area contributed by atoms with Crippen molar-refractivity contribution in [1.29, 1.82) is 0 Å². The number of benzene rings is 2. The van der Waals surface area contributed by atoms with Gasteiger partial charge in [-0.15, -0.1) is 0 Å². The Bertz CT molecular complexity index is 1420. The summed E-state index contributed by atoms with van der Waals surface area (Å²) in [6.45, 7) is 0.158. The van der Waals surface area contributed by atoms with Gasteiger partial charge in [0.2, 0.25) is 0 Å². The van der Waals surface area contributed by atoms with Gasteiger partial charge >= 0.3 is 0 Å². The van der Waals surface area contributed by atoms with Gasteiger partial charge in [0.05, 0.1) is 11.2 Å². The van der Waals surface area contributed by atoms with E-state index in [1.54, 1.807) is 24.4 Å². The molecule has 4 aromatic rings. The van der Waals surface area contributed by atoms with Crippen molar-refractivity contribution in [3.63, 3.8) is 0 Å². The normalized spacial score (nSPS) is 12.5. The Hall–Kier alpha value is -4.73. The van der Waals surface area contributed by atoms with E-state index in [0.717, 1.165) is 11.1 Å². The van der Waals surface area contributed by atoms with E-state index in [2.05, 4.69) is 25.6 Å². The highest BCUT2D eigenvalue weighted by Crippen LogP contribution is 2.25. The van der Waals surface area contributed by atoms with Gasteiger partial charge in [-0.2, -0.15) is 0 Å². The number of aromatic amines is 1. The van der Waals surface area contributed by atoms with Crippen molar-refractivity contribution in [3.8, 4) is 11.5 Å². The summed E-state index contributed by atoms with van der Waals surface area (Å²) in [5.41, 5.74) is 3.00. The van der Waals surface area contributed by atoms with Gasteiger partial charge in [-0.05, 0) is 29.8 Å². The SMILES string of the molecule is O=C1COc2ccc(CNC(=O)c3ncnc4c(NC(=O)COc5ccccc5)c[nH]c34)cc2C1. The summed E-state index contributed by atoms with van der Waals surface area (Å²) < 4.78 is 10.9. The predicted molar refractivity (Wildman–Crippen MR) is 126 cm³/mol. The maximum Gasteiger partial charge on any atom is 0.272 e. The highest BCUT2D eigenvalue weighted by molar-refractivity contribution is 6.08. The van der Waals surface area contributed by atoms with E-state index < -0.39 is 5.91 Å². The number of ketones is 1. The summed E-state index contributed by atoms with van der Waals surface area (Å²) in [4.78, 5) is 48.1. The number of amides is 2. The Morgan fingerprint density at radius 3 is 2.83 bits per heavy atom. The van der Waals surface area contributed by atoms with Crippen molar-refractivity contribution in [2.24, 2.45) is 0 Å². The average Bonchev–Trinajstić information content (AvgIpc) is 3.29. The molecule has 1 aliphatic heterocycles. The minimum absolute atomic E-state index is 0.0170. The summed E-state index contributed by atoms with van der Waals surface area (Å²) in [6.07, 6.45) is 3.14. The van der Waals surface area contributed by atoms with Crippen molar-refractivity contribution in [2.45, 2.75) is 13.0 Å². The van der Waals surface area contributed by atoms with Crippen LogP contribution >= 0.6 is 0 Å². The van der Waals surface area contributed by atoms with Crippen LogP contribution in [0.1, 0.15) is 21.6 Å². The molecule has 0 saturated heterocycles. The van der Waals surface area contributed by atoms with Crippen LogP contribution in [0.15, 0.2) is 61.1 Å². The monoisotopic (exact) mass is 471 g/mol. The number of para-hydroxylation sites is 1. The lowest BCUT2D eigenvalue weighted by atomic mass is 10.0. The highest BCUT2D eigenvalue weighted by atomic mass is 16.5. The smallest absolute Gasteiger partial charge is 0.272 e. The quantitative estimate of drug-likeness (QED) is 0.377. The van der Waals surface area contributed by atoms with Crippen molar-refractivity contribution in [3.05, 3.63) is 77.9 Å². The van der Waals surface area contributed by atoms with E-state index in [1.165, 1.54) is 6.33 Å². The average molecular weight is 471 g/mol. The number of aromatic nitrogens is 3. The first-order chi connectivity index (χ1) is 17.1. The van der Waals surface area contributed by atoms with Crippen LogP contribution in [0.2, 0.25) is 0 Å². The maximum absolute atomic E-state index is 12.9. The van der Waals surface area contributed by atoms with Gasteiger partial charge in [0.1, 0.15) is 29.9 Å². The third-order valence-corrected chi connectivity index (χ3v) is 5.42. The zero-order valence-electron chi connectivity index (χ0n) is 18.5. The van der Waals surface area contributed by atoms with Crippen LogP contribution in [0.4, 0.5) is 5.69 Å². The van der Waals surface area contributed by atoms with Crippen LogP contribution in [0.3, 0.4) is 0 Å². The summed E-state index contributed by atoms with van der Waals surface area (Å²) in [5.74, 6) is 0.514. The fraction of sp³-hybridized carbons (Fsp3) is 0.160. The number of nitrogens with one attached hydrogen (secondary N) is 3. The Morgan fingerprint density at radius 1 is 1.11 bits per heavy atom. The van der Waals surface area contributed by atoms with Gasteiger partial charge in [0.25, 0.3) is 11.8 Å². The van der Waals surface area contributed by atoms with Crippen molar-refractivity contribution < 1.29 is 23.9 Å². The molecule has 0 fully saturated rings. The minimum atomic E-state index is -0.408. The van der Waals surface area contributed by atoms with Crippen molar-refractivity contribution in [2.75, 3.05) is 18.5 Å². The number of nitrogens with zero attached hydrogens (tertiary/aromatic N) is 2. The number of rotatable bonds is 7. The number of hydrogen-bond donors (Lipinski definition) is 3. The van der Waals surface area contributed by atoms with Crippen LogP contribution in [0.25, 0.3) is 11.0 Å². The van der Waals surface area contributed by atoms with Crippen molar-refractivity contribution >= 4 is 34.3 Å². The van der Waals surface area contributed by atoms with Gasteiger partial charge in [0.15, 0.2) is 18.1 Å². The highest BCUT2D eigenvalue weighted by Gasteiger charge is 2.19. The third kappa shape index (κ3) is 4.96. The molecule has 0 unspecified atom stereocenters. The maximum atomic E-state index is 12.9. The van der Waals surface area contributed by atoms with E-state index in [1.807, 2.05) is 30.3 Å². The van der Waals surface area contributed by atoms with Gasteiger partial charge in [-0.3, -0.25) is 14.4 Å². The molecule has 0 spiro atoms. The first-order valence-electron chi connectivity index (χ1n) is 10.9. The summed E-state index contributed by atoms with van der Waals surface area (Å²) in [7, 11) is 0. The molecule has 10 nitrogen and oxygen atoms in total. The van der Waals surface area contributed by atoms with Crippen LogP contribution in [0, 0.1) is 0 Å². The summed E-state index contributed by atoms with van der Waals surface area (Å²) in [6, 6.07) is 14.5. The second-order valence-corrected chi connectivity index (χ2v) is 7.93. The lowest BCUT2D eigenvalue weighted by Crippen LogP contribution is -2.25. The Balaban J connectivity index is 1.24. The van der Waals surface area contributed by atoms with E-state index in [-0.39, 0.29) is 37.1 Å². The summed E-state index contributed by atoms with van der Waals surface area (Å²) in [5, 5.41) is 5.57. The standard InChI is InChI=1S/C25H21N5O5/c31-17-9-16-8-15(6-7-20(16)35-12-17)10-27-25(33)24-23-22(28-14-29-24)19(11-26-23)30-21(32)13-34-18-4-2-1-3-5-18/h1-8,11,14,26H,9-10,12-13H2,(H,27,33)(H,30,32). The number of hydrogen-bond acceptors (Lipinski definition) is 7. The topological polar surface area (TPSA) is 135 Å². The predicted octanol–water partition coefficient (Wildman–Crippen LogP) is 2.41. The first-order valence-corrected chi connectivity index (χ1v) is 10.9. The fourth-order valence-corrected chi connectivity index (χ4v) is 3.77. The largest absolute Gasteiger partial charge is 0.486 e. The Labute approximate surface area is 199 Å². The lowest BCUT2D eigenvalue weighted by molar-refractivity contribution is -0.121. The number of H-pyrrole nitrogens is 1. The molecule has 35 heavy (non-hydrogen) atoms. The fourth-order valence-electron chi connectivity index (χ4n) is 3.77. The molecule has 1 aliphatic rings. The molecule has 0 radical (unpaired) electrons. The Morgan fingerprint density at radius 2 is 1.97 bits per heavy atom. The molecule has 0 atom stereocenters. The summed E-state index contributed by atoms with van der Waals surface area (Å²) >= 11 is 0. The third-order valence-electron chi connectivity index (χ3n) is 5.42. The molecule has 0 saturated carbocycles. The second kappa shape index (κ2) is 9.64. The molecule has 0 aliphatic carbocycles. The number of anilines is 1. The second-order valence-electron chi connectivity index (χ2n) is 7.93. The van der Waals surface area contributed by atoms with E-state index in [4.69, 9.17) is 9.47 Å². The van der Waals surface area contributed by atoms with E-state index in [9.17, 15) is 14.4 Å². The molecule has 0 bridgehead atoms. The van der Waals surface area contributed by atoms with E-state index >= 15 is 0 Å². The number of fused-ring (bicyclic) bond motifs is 2. The van der Waals surface area contributed by atoms with Gasteiger partial charge in [-0.1, -0.05) is 24.3 Å². The first kappa shape index (κ1) is 22.1. The Kier molecular flexibility index (Phi) is 6.08. The molecule has 5 rings (SSSR count). The molecule has 10 heteroatoms. The number of carbonyl (C=O) groups is 3. The van der Waals surface area contributed by atoms with Gasteiger partial charge in [0, 0.05) is 24.7 Å². The lowest BCUT2D eigenvalue weighted by Gasteiger charge is -2.17. The van der Waals surface area contributed by atoms with Crippen LogP contribution in [-0.2, 0) is 22.6 Å². The molecular formula is C25H21N5O5. The molecule has 2 aromatic carbocycles. The zero-order valence-corrected chi connectivity index (χ0v) is 18.5. The molecule has 176 valence electrons. The van der Waals surface area contributed by atoms with Gasteiger partial charge in [-0.25, -0.2) is 9.97 Å². The van der Waals surface area contributed by atoms with Crippen LogP contribution < -0.4 is 20.1 Å². The number of ether oxygens (including phenoxy) is 2. The van der Waals surface area contributed by atoms with E-state index in [0.29, 0.717) is 34.6 Å². The molecule has 3 N–H and O–H groups in total.